The fourth-order valence-corrected chi connectivity index (χ4v) is 0.654. The number of nitrogens with two attached hydrogens (primary N) is 1. The fraction of sp³-hybridized carbons (Fsp3) is 0.125. The van der Waals surface area contributed by atoms with Gasteiger partial charge in [-0.2, -0.15) is 0 Å². The van der Waals surface area contributed by atoms with Crippen LogP contribution in [-0.2, 0) is 6.42 Å². The molecule has 1 nitrogen and oxygen atoms in total. The average Bonchev–Trinajstić information content (AvgIpc) is 1.90. The summed E-state index contributed by atoms with van der Waals surface area (Å²) in [4.78, 5) is 0. The summed E-state index contributed by atoms with van der Waals surface area (Å²) in [6.45, 7) is 5.36. The van der Waals surface area contributed by atoms with Gasteiger partial charge >= 0.3 is 0 Å². The predicted octanol–water partition coefficient (Wildman–Crippen LogP) is 1.52. The minimum atomic E-state index is 0.584. The Balaban J connectivity index is 2.88. The van der Waals surface area contributed by atoms with Crippen molar-refractivity contribution in [2.24, 2.45) is 0 Å². The molecular formula is C8H9N. The lowest BCUT2D eigenvalue weighted by atomic mass is 10.2. The Morgan fingerprint density at radius 1 is 1.22 bits per heavy atom. The molecule has 0 saturated carbocycles. The second kappa shape index (κ2) is 2.53. The van der Waals surface area contributed by atoms with Gasteiger partial charge in [0.1, 0.15) is 0 Å². The second-order valence-corrected chi connectivity index (χ2v) is 1.95. The van der Waals surface area contributed by atoms with E-state index in [1.165, 1.54) is 0 Å². The molecule has 0 spiro atoms. The van der Waals surface area contributed by atoms with Crippen LogP contribution in [-0.4, -0.2) is 0 Å². The smallest absolute Gasteiger partial charge is 0.0314 e. The zero-order valence-corrected chi connectivity index (χ0v) is 5.17. The molecule has 0 aliphatic carbocycles. The van der Waals surface area contributed by atoms with Crippen molar-refractivity contribution in [3.63, 3.8) is 0 Å². The van der Waals surface area contributed by atoms with Gasteiger partial charge in [-0.15, -0.1) is 0 Å². The SMILES string of the molecule is [CH]Cc1ccc(N)cc1. The largest absolute Gasteiger partial charge is 0.399 e. The Labute approximate surface area is 55.5 Å². The maximum Gasteiger partial charge on any atom is 0.0314 e. The van der Waals surface area contributed by atoms with Crippen LogP contribution >= 0.6 is 0 Å². The maximum atomic E-state index is 5.44. The highest BCUT2D eigenvalue weighted by Gasteiger charge is 1.85. The standard InChI is InChI=1S/C8H9N/c1-2-7-3-5-8(9)6-4-7/h1,3-6H,2,9H2. The Bertz CT molecular complexity index is 176. The molecule has 0 bridgehead atoms. The van der Waals surface area contributed by atoms with Crippen molar-refractivity contribution in [2.45, 2.75) is 6.42 Å². The number of benzene rings is 1. The van der Waals surface area contributed by atoms with Crippen LogP contribution < -0.4 is 5.73 Å². The molecule has 0 fully saturated rings. The van der Waals surface area contributed by atoms with E-state index in [4.69, 9.17) is 12.7 Å². The topological polar surface area (TPSA) is 26.0 Å². The Morgan fingerprint density at radius 2 is 1.78 bits per heavy atom. The van der Waals surface area contributed by atoms with Crippen LogP contribution in [0, 0.1) is 6.92 Å². The molecular weight excluding hydrogens is 110 g/mol. The summed E-state index contributed by atoms with van der Waals surface area (Å²) in [5.74, 6) is 0. The third-order valence-corrected chi connectivity index (χ3v) is 1.22. The molecule has 0 unspecified atom stereocenters. The first-order chi connectivity index (χ1) is 4.33. The van der Waals surface area contributed by atoms with E-state index in [-0.39, 0.29) is 0 Å². The number of hydrogen-bond acceptors (Lipinski definition) is 1. The van der Waals surface area contributed by atoms with E-state index in [1.807, 2.05) is 24.3 Å². The van der Waals surface area contributed by atoms with Gasteiger partial charge in [-0.05, 0) is 31.0 Å². The maximum absolute atomic E-state index is 5.44. The second-order valence-electron chi connectivity index (χ2n) is 1.95. The minimum Gasteiger partial charge on any atom is -0.399 e. The molecule has 0 aromatic heterocycles. The average molecular weight is 119 g/mol. The van der Waals surface area contributed by atoms with E-state index in [0.29, 0.717) is 6.42 Å². The highest BCUT2D eigenvalue weighted by atomic mass is 14.5. The van der Waals surface area contributed by atoms with Crippen LogP contribution in [0.2, 0.25) is 0 Å². The Hall–Kier alpha value is -0.980. The van der Waals surface area contributed by atoms with E-state index in [0.717, 1.165) is 11.3 Å². The zero-order chi connectivity index (χ0) is 6.69. The van der Waals surface area contributed by atoms with E-state index < -0.39 is 0 Å². The molecule has 9 heavy (non-hydrogen) atoms. The molecule has 2 radical (unpaired) electrons. The van der Waals surface area contributed by atoms with Crippen LogP contribution in [0.3, 0.4) is 0 Å². The van der Waals surface area contributed by atoms with Crippen molar-refractivity contribution >= 4 is 5.69 Å². The van der Waals surface area contributed by atoms with Crippen LogP contribution in [0.5, 0.6) is 0 Å². The van der Waals surface area contributed by atoms with Gasteiger partial charge in [0.25, 0.3) is 0 Å². The number of hydrogen-bond donors (Lipinski definition) is 1. The highest BCUT2D eigenvalue weighted by Crippen LogP contribution is 2.04. The molecule has 0 heterocycles. The Kier molecular flexibility index (Phi) is 1.73. The molecule has 1 aromatic carbocycles. The summed E-state index contributed by atoms with van der Waals surface area (Å²) < 4.78 is 0. The summed E-state index contributed by atoms with van der Waals surface area (Å²) in [5.41, 5.74) is 7.34. The van der Waals surface area contributed by atoms with E-state index in [1.54, 1.807) is 0 Å². The van der Waals surface area contributed by atoms with Crippen LogP contribution in [0.15, 0.2) is 24.3 Å². The lowest BCUT2D eigenvalue weighted by molar-refractivity contribution is 1.27. The quantitative estimate of drug-likeness (QED) is 0.557. The first-order valence-corrected chi connectivity index (χ1v) is 2.87. The molecule has 2 N–H and O–H groups in total. The van der Waals surface area contributed by atoms with E-state index in [2.05, 4.69) is 0 Å². The first-order valence-electron chi connectivity index (χ1n) is 2.87. The Morgan fingerprint density at radius 3 is 2.22 bits per heavy atom. The number of rotatable bonds is 1. The van der Waals surface area contributed by atoms with Crippen molar-refractivity contribution < 1.29 is 0 Å². The van der Waals surface area contributed by atoms with Gasteiger partial charge < -0.3 is 5.73 Å². The molecule has 0 aliphatic heterocycles. The van der Waals surface area contributed by atoms with Crippen LogP contribution in [0.1, 0.15) is 5.56 Å². The van der Waals surface area contributed by atoms with Crippen molar-refractivity contribution in [3.05, 3.63) is 36.8 Å². The normalized spacial score (nSPS) is 9.44. The summed E-state index contributed by atoms with van der Waals surface area (Å²) in [6, 6.07) is 7.55. The van der Waals surface area contributed by atoms with Gasteiger partial charge in [0.2, 0.25) is 0 Å². The van der Waals surface area contributed by atoms with Gasteiger partial charge in [-0.3, -0.25) is 0 Å². The van der Waals surface area contributed by atoms with Crippen LogP contribution in [0.25, 0.3) is 0 Å². The van der Waals surface area contributed by atoms with Gasteiger partial charge in [0, 0.05) is 5.69 Å². The van der Waals surface area contributed by atoms with Crippen LogP contribution in [0.4, 0.5) is 5.69 Å². The third kappa shape index (κ3) is 1.46. The molecule has 0 aliphatic rings. The van der Waals surface area contributed by atoms with E-state index >= 15 is 0 Å². The lowest BCUT2D eigenvalue weighted by Crippen LogP contribution is -1.84. The zero-order valence-electron chi connectivity index (χ0n) is 5.17. The predicted molar refractivity (Wildman–Crippen MR) is 38.9 cm³/mol. The summed E-state index contributed by atoms with van der Waals surface area (Å²) in [7, 11) is 0. The molecule has 46 valence electrons. The van der Waals surface area contributed by atoms with Gasteiger partial charge in [-0.25, -0.2) is 0 Å². The summed E-state index contributed by atoms with van der Waals surface area (Å²) in [6.07, 6.45) is 0.584. The summed E-state index contributed by atoms with van der Waals surface area (Å²) >= 11 is 0. The van der Waals surface area contributed by atoms with Crippen molar-refractivity contribution in [2.75, 3.05) is 5.73 Å². The molecule has 1 aromatic rings. The molecule has 1 rings (SSSR count). The highest BCUT2D eigenvalue weighted by molar-refractivity contribution is 5.39. The van der Waals surface area contributed by atoms with E-state index in [9.17, 15) is 0 Å². The number of nitrogen functional groups attached to an aromatic ring is 1. The minimum absolute atomic E-state index is 0.584. The summed E-state index contributed by atoms with van der Waals surface area (Å²) in [5, 5.41) is 0. The molecule has 0 saturated heterocycles. The number of anilines is 1. The van der Waals surface area contributed by atoms with Crippen molar-refractivity contribution in [1.29, 1.82) is 0 Å². The van der Waals surface area contributed by atoms with Gasteiger partial charge in [-0.1, -0.05) is 12.1 Å². The third-order valence-electron chi connectivity index (χ3n) is 1.22. The molecule has 0 atom stereocenters. The van der Waals surface area contributed by atoms with Crippen molar-refractivity contribution in [3.8, 4) is 0 Å². The fourth-order valence-electron chi connectivity index (χ4n) is 0.654. The molecule has 0 amide bonds. The van der Waals surface area contributed by atoms with Gasteiger partial charge in [0.05, 0.1) is 0 Å². The first kappa shape index (κ1) is 6.14. The lowest BCUT2D eigenvalue weighted by Gasteiger charge is -1.94. The van der Waals surface area contributed by atoms with Crippen molar-refractivity contribution in [1.82, 2.24) is 0 Å². The van der Waals surface area contributed by atoms with Gasteiger partial charge in [0.15, 0.2) is 0 Å². The monoisotopic (exact) mass is 119 g/mol. The molecule has 1 heteroatoms.